The zero-order chi connectivity index (χ0) is 32.4. The second-order valence-corrected chi connectivity index (χ2v) is 10.2. The fraction of sp³-hybridized carbons (Fsp3) is 0.276. The Morgan fingerprint density at radius 3 is 2.27 bits per heavy atom. The van der Waals surface area contributed by atoms with Crippen LogP contribution in [0.4, 0.5) is 43.4 Å². The summed E-state index contributed by atoms with van der Waals surface area (Å²) < 4.78 is 84.4. The summed E-state index contributed by atoms with van der Waals surface area (Å²) in [6.07, 6.45) is -8.10. The molecule has 0 atom stereocenters. The molecule has 1 saturated heterocycles. The van der Waals surface area contributed by atoms with Crippen molar-refractivity contribution in [1.82, 2.24) is 19.8 Å². The van der Waals surface area contributed by atoms with Crippen LogP contribution in [0, 0.1) is 10.1 Å². The van der Waals surface area contributed by atoms with Crippen molar-refractivity contribution < 1.29 is 40.8 Å². The number of pyridine rings is 2. The van der Waals surface area contributed by atoms with E-state index in [9.17, 15) is 41.3 Å². The van der Waals surface area contributed by atoms with Crippen molar-refractivity contribution in [3.8, 4) is 5.88 Å². The third kappa shape index (κ3) is 7.75. The molecule has 236 valence electrons. The summed E-state index contributed by atoms with van der Waals surface area (Å²) in [5, 5.41) is 14.2. The lowest BCUT2D eigenvalue weighted by Gasteiger charge is -2.34. The molecule has 45 heavy (non-hydrogen) atoms. The summed E-state index contributed by atoms with van der Waals surface area (Å²) in [6.45, 7) is 1.95. The van der Waals surface area contributed by atoms with Gasteiger partial charge >= 0.3 is 12.4 Å². The number of aromatic nitrogens is 2. The van der Waals surface area contributed by atoms with Gasteiger partial charge in [0.2, 0.25) is 5.88 Å². The molecule has 0 unspecified atom stereocenters. The first-order valence-corrected chi connectivity index (χ1v) is 13.4. The number of hydrogen-bond acceptors (Lipinski definition) is 8. The highest BCUT2D eigenvalue weighted by Crippen LogP contribution is 2.38. The topological polar surface area (TPSA) is 114 Å². The molecule has 0 saturated carbocycles. The van der Waals surface area contributed by atoms with E-state index in [1.165, 1.54) is 24.4 Å². The molecule has 1 N–H and O–H groups in total. The molecule has 4 aromatic rings. The molecule has 2 aromatic heterocycles. The van der Waals surface area contributed by atoms with Crippen molar-refractivity contribution in [3.63, 3.8) is 0 Å². The van der Waals surface area contributed by atoms with Gasteiger partial charge in [0.15, 0.2) is 6.61 Å². The molecular formula is C29H24F6N6O4. The molecular weight excluding hydrogens is 610 g/mol. The number of alkyl halides is 6. The molecule has 5 rings (SSSR count). The monoisotopic (exact) mass is 634 g/mol. The highest BCUT2D eigenvalue weighted by molar-refractivity contribution is 5.79. The number of hydrogen-bond donors (Lipinski definition) is 1. The third-order valence-corrected chi connectivity index (χ3v) is 7.05. The van der Waals surface area contributed by atoms with Crippen molar-refractivity contribution in [1.29, 1.82) is 0 Å². The lowest BCUT2D eigenvalue weighted by molar-refractivity contribution is -0.388. The second-order valence-electron chi connectivity index (χ2n) is 10.2. The van der Waals surface area contributed by atoms with E-state index in [1.54, 1.807) is 17.0 Å². The number of nitro groups is 1. The first kappa shape index (κ1) is 31.4. The molecule has 1 amide bonds. The van der Waals surface area contributed by atoms with E-state index >= 15 is 0 Å². The zero-order valence-corrected chi connectivity index (χ0v) is 23.2. The maximum Gasteiger partial charge on any atom is 0.423 e. The number of rotatable bonds is 8. The van der Waals surface area contributed by atoms with Crippen LogP contribution in [0.15, 0.2) is 66.9 Å². The zero-order valence-electron chi connectivity index (χ0n) is 23.2. The summed E-state index contributed by atoms with van der Waals surface area (Å²) in [7, 11) is 0. The summed E-state index contributed by atoms with van der Waals surface area (Å²) in [5.41, 5.74) is -2.09. The maximum absolute atomic E-state index is 13.2. The Labute approximate surface area is 251 Å². The predicted molar refractivity (Wildman–Crippen MR) is 150 cm³/mol. The van der Waals surface area contributed by atoms with Crippen molar-refractivity contribution in [3.05, 3.63) is 93.8 Å². The summed E-state index contributed by atoms with van der Waals surface area (Å²) in [4.78, 5) is 34.6. The smallest absolute Gasteiger partial charge is 0.423 e. The van der Waals surface area contributed by atoms with Gasteiger partial charge in [-0.3, -0.25) is 24.8 Å². The third-order valence-electron chi connectivity index (χ3n) is 7.05. The number of nitro benzene ring substituents is 1. The number of amides is 1. The minimum absolute atomic E-state index is 0.0373. The fourth-order valence-electron chi connectivity index (χ4n) is 4.74. The van der Waals surface area contributed by atoms with Gasteiger partial charge in [-0.2, -0.15) is 26.3 Å². The predicted octanol–water partition coefficient (Wildman–Crippen LogP) is 6.04. The van der Waals surface area contributed by atoms with Crippen LogP contribution >= 0.6 is 0 Å². The molecule has 1 fully saturated rings. The van der Waals surface area contributed by atoms with Crippen LogP contribution in [0.2, 0.25) is 0 Å². The van der Waals surface area contributed by atoms with Gasteiger partial charge in [0.05, 0.1) is 33.6 Å². The largest absolute Gasteiger partial charge is 0.468 e. The molecule has 1 aliphatic rings. The van der Waals surface area contributed by atoms with Gasteiger partial charge in [-0.25, -0.2) is 4.98 Å². The average Bonchev–Trinajstić information content (AvgIpc) is 2.99. The Morgan fingerprint density at radius 2 is 1.62 bits per heavy atom. The quantitative estimate of drug-likeness (QED) is 0.142. The van der Waals surface area contributed by atoms with Gasteiger partial charge in [0, 0.05) is 55.9 Å². The first-order chi connectivity index (χ1) is 21.3. The molecule has 0 radical (unpaired) electrons. The number of halogens is 6. The standard InChI is InChI=1S/C29H24F6N6O4/c30-28(31,32)19-3-1-18-2-4-22(38-24(18)13-19)16-39-9-11-40(12-10-39)27(42)17-45-26-8-6-21(15-36-26)37-20-5-7-25(41(43)44)23(14-20)29(33,34)35/h1-8,13-15,37H,9-12,16-17H2. The van der Waals surface area contributed by atoms with Crippen LogP contribution in [0.3, 0.4) is 0 Å². The second kappa shape index (κ2) is 12.6. The van der Waals surface area contributed by atoms with E-state index in [4.69, 9.17) is 4.74 Å². The summed E-state index contributed by atoms with van der Waals surface area (Å²) in [5.74, 6) is -0.184. The summed E-state index contributed by atoms with van der Waals surface area (Å²) >= 11 is 0. The number of piperazine rings is 1. The molecule has 16 heteroatoms. The van der Waals surface area contributed by atoms with Gasteiger partial charge in [-0.15, -0.1) is 0 Å². The molecule has 0 bridgehead atoms. The molecule has 2 aromatic carbocycles. The molecule has 1 aliphatic heterocycles. The van der Waals surface area contributed by atoms with E-state index in [-0.39, 0.29) is 35.3 Å². The number of anilines is 2. The fourth-order valence-corrected chi connectivity index (χ4v) is 4.74. The van der Waals surface area contributed by atoms with Gasteiger partial charge in [-0.1, -0.05) is 12.1 Å². The Bertz CT molecular complexity index is 1710. The van der Waals surface area contributed by atoms with E-state index in [1.807, 2.05) is 4.90 Å². The Balaban J connectivity index is 1.10. The first-order valence-electron chi connectivity index (χ1n) is 13.4. The number of carbonyl (C=O) groups excluding carboxylic acids is 1. The lowest BCUT2D eigenvalue weighted by atomic mass is 10.1. The van der Waals surface area contributed by atoms with Gasteiger partial charge in [0.25, 0.3) is 11.6 Å². The van der Waals surface area contributed by atoms with Crippen LogP contribution in [-0.4, -0.2) is 63.4 Å². The van der Waals surface area contributed by atoms with Crippen molar-refractivity contribution >= 4 is 33.9 Å². The highest BCUT2D eigenvalue weighted by Gasteiger charge is 2.38. The number of carbonyl (C=O) groups is 1. The number of nitrogens with zero attached hydrogens (tertiary/aromatic N) is 5. The normalized spacial score (nSPS) is 14.4. The van der Waals surface area contributed by atoms with Crippen LogP contribution in [0.1, 0.15) is 16.8 Å². The van der Waals surface area contributed by atoms with Gasteiger partial charge in [0.1, 0.15) is 5.56 Å². The van der Waals surface area contributed by atoms with E-state index in [2.05, 4.69) is 15.3 Å². The molecule has 0 spiro atoms. The average molecular weight is 635 g/mol. The Kier molecular flexibility index (Phi) is 8.77. The Morgan fingerprint density at radius 1 is 0.911 bits per heavy atom. The van der Waals surface area contributed by atoms with Gasteiger partial charge < -0.3 is 15.0 Å². The van der Waals surface area contributed by atoms with Crippen molar-refractivity contribution in [2.45, 2.75) is 18.9 Å². The molecule has 0 aliphatic carbocycles. The van der Waals surface area contributed by atoms with Crippen LogP contribution < -0.4 is 10.1 Å². The molecule has 3 heterocycles. The van der Waals surface area contributed by atoms with Gasteiger partial charge in [-0.05, 0) is 36.4 Å². The SMILES string of the molecule is O=C(COc1ccc(Nc2ccc([N+](=O)[O-])c(C(F)(F)F)c2)cn1)N1CCN(Cc2ccc3ccc(C(F)(F)F)cc3n2)CC1. The van der Waals surface area contributed by atoms with E-state index in [0.29, 0.717) is 49.9 Å². The van der Waals surface area contributed by atoms with Crippen molar-refractivity contribution in [2.75, 3.05) is 38.1 Å². The van der Waals surface area contributed by atoms with Crippen molar-refractivity contribution in [2.24, 2.45) is 0 Å². The number of benzene rings is 2. The lowest BCUT2D eigenvalue weighted by Crippen LogP contribution is -2.49. The minimum atomic E-state index is -4.92. The Hall–Kier alpha value is -4.99. The highest BCUT2D eigenvalue weighted by atomic mass is 19.4. The minimum Gasteiger partial charge on any atom is -0.468 e. The number of fused-ring (bicyclic) bond motifs is 1. The maximum atomic E-state index is 13.2. The number of nitrogens with one attached hydrogen (secondary N) is 1. The van der Waals surface area contributed by atoms with Crippen LogP contribution in [0.25, 0.3) is 10.9 Å². The van der Waals surface area contributed by atoms with E-state index < -0.39 is 34.1 Å². The van der Waals surface area contributed by atoms with Crippen LogP contribution in [0.5, 0.6) is 5.88 Å². The van der Waals surface area contributed by atoms with Crippen LogP contribution in [-0.2, 0) is 23.7 Å². The summed E-state index contributed by atoms with van der Waals surface area (Å²) in [6, 6.07) is 12.3. The molecule has 10 nitrogen and oxygen atoms in total. The number of ether oxygens (including phenoxy) is 1. The van der Waals surface area contributed by atoms with E-state index in [0.717, 1.165) is 24.3 Å².